The predicted molar refractivity (Wildman–Crippen MR) is 116 cm³/mol. The Labute approximate surface area is 178 Å². The quantitative estimate of drug-likeness (QED) is 0.506. The Morgan fingerprint density at radius 2 is 1.90 bits per heavy atom. The number of aliphatic imine (C=N–C) groups is 1. The van der Waals surface area contributed by atoms with Crippen molar-refractivity contribution in [3.63, 3.8) is 0 Å². The largest absolute Gasteiger partial charge is 0.379 e. The molecule has 164 valence electrons. The number of morpholine rings is 1. The molecule has 1 N–H and O–H groups in total. The standard InChI is InChI=1S/C20H35N5O3S/c1-21-19(22-15-20(4-14-29-16-20)25-9-12-27-13-10-25)24-7-5-23(6-8-24)18(26)17-3-2-11-28-17/h17H,2-16H2,1H3,(H,21,22). The van der Waals surface area contributed by atoms with Crippen LogP contribution >= 0.6 is 11.8 Å². The fourth-order valence-electron chi connectivity index (χ4n) is 4.83. The third kappa shape index (κ3) is 4.84. The van der Waals surface area contributed by atoms with Gasteiger partial charge in [0, 0.05) is 70.8 Å². The Hall–Kier alpha value is -1.03. The van der Waals surface area contributed by atoms with Crippen LogP contribution in [0.2, 0.25) is 0 Å². The number of thioether (sulfide) groups is 1. The number of guanidine groups is 1. The molecule has 0 spiro atoms. The average molecular weight is 426 g/mol. The molecule has 0 saturated carbocycles. The van der Waals surface area contributed by atoms with E-state index in [0.29, 0.717) is 0 Å². The molecule has 0 radical (unpaired) electrons. The Bertz CT molecular complexity index is 579. The summed E-state index contributed by atoms with van der Waals surface area (Å²) in [6, 6.07) is 0. The lowest BCUT2D eigenvalue weighted by Gasteiger charge is -2.44. The van der Waals surface area contributed by atoms with E-state index in [2.05, 4.69) is 31.9 Å². The second-order valence-electron chi connectivity index (χ2n) is 8.34. The van der Waals surface area contributed by atoms with Gasteiger partial charge in [-0.1, -0.05) is 0 Å². The number of hydrogen-bond donors (Lipinski definition) is 1. The number of ether oxygens (including phenoxy) is 2. The van der Waals surface area contributed by atoms with Gasteiger partial charge in [0.05, 0.1) is 13.2 Å². The predicted octanol–water partition coefficient (Wildman–Crippen LogP) is 0.0929. The van der Waals surface area contributed by atoms with Gasteiger partial charge in [0.25, 0.3) is 5.91 Å². The number of carbonyl (C=O) groups is 1. The van der Waals surface area contributed by atoms with Crippen LogP contribution in [-0.2, 0) is 14.3 Å². The molecular weight excluding hydrogens is 390 g/mol. The minimum Gasteiger partial charge on any atom is -0.379 e. The zero-order chi connectivity index (χ0) is 20.1. The monoisotopic (exact) mass is 425 g/mol. The first-order valence-corrected chi connectivity index (χ1v) is 12.1. The highest BCUT2D eigenvalue weighted by Gasteiger charge is 2.41. The van der Waals surface area contributed by atoms with E-state index in [9.17, 15) is 4.79 Å². The van der Waals surface area contributed by atoms with Crippen molar-refractivity contribution in [3.05, 3.63) is 0 Å². The van der Waals surface area contributed by atoms with E-state index in [0.717, 1.165) is 84.4 Å². The van der Waals surface area contributed by atoms with Gasteiger partial charge in [0.1, 0.15) is 6.10 Å². The molecule has 4 aliphatic rings. The third-order valence-corrected chi connectivity index (χ3v) is 7.88. The Balaban J connectivity index is 1.29. The van der Waals surface area contributed by atoms with Gasteiger partial charge in [-0.25, -0.2) is 0 Å². The summed E-state index contributed by atoms with van der Waals surface area (Å²) in [4.78, 5) is 24.0. The zero-order valence-electron chi connectivity index (χ0n) is 17.6. The summed E-state index contributed by atoms with van der Waals surface area (Å²) in [6.45, 7) is 8.46. The van der Waals surface area contributed by atoms with Crippen LogP contribution in [-0.4, -0.2) is 122 Å². The van der Waals surface area contributed by atoms with E-state index < -0.39 is 0 Å². The summed E-state index contributed by atoms with van der Waals surface area (Å²) in [5, 5.41) is 3.67. The topological polar surface area (TPSA) is 69.6 Å². The van der Waals surface area contributed by atoms with E-state index >= 15 is 0 Å². The number of nitrogens with zero attached hydrogens (tertiary/aromatic N) is 4. The van der Waals surface area contributed by atoms with Gasteiger partial charge < -0.3 is 24.6 Å². The first-order valence-electron chi connectivity index (χ1n) is 11.0. The van der Waals surface area contributed by atoms with E-state index in [-0.39, 0.29) is 17.6 Å². The molecule has 4 heterocycles. The van der Waals surface area contributed by atoms with Gasteiger partial charge in [0.2, 0.25) is 0 Å². The fraction of sp³-hybridized carbons (Fsp3) is 0.900. The Morgan fingerprint density at radius 1 is 1.14 bits per heavy atom. The third-order valence-electron chi connectivity index (χ3n) is 6.65. The normalized spacial score (nSPS) is 32.0. The number of carbonyl (C=O) groups excluding carboxylic acids is 1. The van der Waals surface area contributed by atoms with Crippen molar-refractivity contribution in [1.82, 2.24) is 20.0 Å². The molecule has 4 rings (SSSR count). The highest BCUT2D eigenvalue weighted by Crippen LogP contribution is 2.33. The summed E-state index contributed by atoms with van der Waals surface area (Å²) in [7, 11) is 1.86. The van der Waals surface area contributed by atoms with Gasteiger partial charge in [-0.3, -0.25) is 14.7 Å². The first kappa shape index (κ1) is 21.2. The van der Waals surface area contributed by atoms with E-state index in [4.69, 9.17) is 9.47 Å². The highest BCUT2D eigenvalue weighted by molar-refractivity contribution is 7.99. The Morgan fingerprint density at radius 3 is 2.52 bits per heavy atom. The maximum atomic E-state index is 12.6. The first-order chi connectivity index (χ1) is 14.2. The molecule has 0 bridgehead atoms. The molecule has 0 aromatic heterocycles. The SMILES string of the molecule is CN=C(NCC1(N2CCOCC2)CCSC1)N1CCN(C(=O)C2CCCO2)CC1. The van der Waals surface area contributed by atoms with Crippen LogP contribution in [0.3, 0.4) is 0 Å². The molecule has 8 nitrogen and oxygen atoms in total. The second kappa shape index (κ2) is 9.85. The lowest BCUT2D eigenvalue weighted by molar-refractivity contribution is -0.142. The lowest BCUT2D eigenvalue weighted by atomic mass is 9.95. The van der Waals surface area contributed by atoms with Gasteiger partial charge in [-0.15, -0.1) is 0 Å². The maximum absolute atomic E-state index is 12.6. The number of rotatable bonds is 4. The van der Waals surface area contributed by atoms with Crippen molar-refractivity contribution >= 4 is 23.6 Å². The molecule has 0 aromatic rings. The Kier molecular flexibility index (Phi) is 7.21. The minimum atomic E-state index is -0.216. The summed E-state index contributed by atoms with van der Waals surface area (Å²) in [6.07, 6.45) is 2.86. The van der Waals surface area contributed by atoms with Crippen molar-refractivity contribution < 1.29 is 14.3 Å². The zero-order valence-corrected chi connectivity index (χ0v) is 18.4. The van der Waals surface area contributed by atoms with E-state index in [1.54, 1.807) is 0 Å². The molecule has 4 aliphatic heterocycles. The van der Waals surface area contributed by atoms with Crippen molar-refractivity contribution in [3.8, 4) is 0 Å². The van der Waals surface area contributed by atoms with Crippen LogP contribution in [0.15, 0.2) is 4.99 Å². The summed E-state index contributed by atoms with van der Waals surface area (Å²) >= 11 is 2.05. The van der Waals surface area contributed by atoms with Crippen LogP contribution in [0.5, 0.6) is 0 Å². The second-order valence-corrected chi connectivity index (χ2v) is 9.45. The minimum absolute atomic E-state index is 0.166. The van der Waals surface area contributed by atoms with Crippen LogP contribution in [0, 0.1) is 0 Å². The van der Waals surface area contributed by atoms with E-state index in [1.807, 2.05) is 11.9 Å². The highest BCUT2D eigenvalue weighted by atomic mass is 32.2. The summed E-state index contributed by atoms with van der Waals surface area (Å²) in [5.41, 5.74) is 0.196. The van der Waals surface area contributed by atoms with Crippen LogP contribution in [0.25, 0.3) is 0 Å². The smallest absolute Gasteiger partial charge is 0.251 e. The summed E-state index contributed by atoms with van der Waals surface area (Å²) < 4.78 is 11.1. The molecule has 2 unspecified atom stereocenters. The maximum Gasteiger partial charge on any atom is 0.251 e. The molecular formula is C20H35N5O3S. The number of nitrogens with one attached hydrogen (secondary N) is 1. The van der Waals surface area contributed by atoms with Gasteiger partial charge in [0.15, 0.2) is 5.96 Å². The van der Waals surface area contributed by atoms with Crippen LogP contribution in [0.4, 0.5) is 0 Å². The van der Waals surface area contributed by atoms with Crippen molar-refractivity contribution in [2.45, 2.75) is 30.9 Å². The van der Waals surface area contributed by atoms with Crippen molar-refractivity contribution in [1.29, 1.82) is 0 Å². The van der Waals surface area contributed by atoms with Gasteiger partial charge in [-0.2, -0.15) is 11.8 Å². The average Bonchev–Trinajstić information content (AvgIpc) is 3.48. The molecule has 29 heavy (non-hydrogen) atoms. The molecule has 0 aromatic carbocycles. The van der Waals surface area contributed by atoms with E-state index in [1.165, 1.54) is 17.9 Å². The number of piperazine rings is 1. The molecule has 4 saturated heterocycles. The molecule has 2 atom stereocenters. The fourth-order valence-corrected chi connectivity index (χ4v) is 6.30. The van der Waals surface area contributed by atoms with Gasteiger partial charge in [-0.05, 0) is 25.0 Å². The van der Waals surface area contributed by atoms with Crippen LogP contribution in [0.1, 0.15) is 19.3 Å². The van der Waals surface area contributed by atoms with Gasteiger partial charge >= 0.3 is 0 Å². The van der Waals surface area contributed by atoms with Crippen molar-refractivity contribution in [2.24, 2.45) is 4.99 Å². The lowest BCUT2D eigenvalue weighted by Crippen LogP contribution is -2.61. The van der Waals surface area contributed by atoms with Crippen LogP contribution < -0.4 is 5.32 Å². The molecule has 1 amide bonds. The summed E-state index contributed by atoms with van der Waals surface area (Å²) in [5.74, 6) is 3.51. The van der Waals surface area contributed by atoms with Crippen molar-refractivity contribution in [2.75, 3.05) is 84.2 Å². The number of hydrogen-bond acceptors (Lipinski definition) is 6. The molecule has 4 fully saturated rings. The molecule has 0 aliphatic carbocycles. The number of amides is 1. The molecule has 9 heteroatoms.